The third-order valence-electron chi connectivity index (χ3n) is 4.94. The molecule has 3 heteroatoms. The van der Waals surface area contributed by atoms with Crippen LogP contribution in [0.2, 0.25) is 0 Å². The molecule has 0 aliphatic rings. The van der Waals surface area contributed by atoms with Crippen LogP contribution in [0.25, 0.3) is 10.8 Å². The van der Waals surface area contributed by atoms with Crippen LogP contribution in [-0.2, 0) is 4.79 Å². The predicted octanol–water partition coefficient (Wildman–Crippen LogP) is 5.49. The summed E-state index contributed by atoms with van der Waals surface area (Å²) in [6.07, 6.45) is 0.0811. The standard InChI is InChI=1S/C24H27NO2/c1-5-22(27-23-12-8-10-19-9-6-7-11-20(19)23)24(26)25-18(4)21-15-16(2)13-14-17(21)3/h6-15,18,22H,5H2,1-4H3,(H,25,26)/t18-,22+/m1/s1. The Morgan fingerprint density at radius 2 is 1.78 bits per heavy atom. The van der Waals surface area contributed by atoms with E-state index in [2.05, 4.69) is 37.4 Å². The maximum Gasteiger partial charge on any atom is 0.261 e. The van der Waals surface area contributed by atoms with Crippen LogP contribution >= 0.6 is 0 Å². The molecule has 0 bridgehead atoms. The second-order valence-electron chi connectivity index (χ2n) is 7.08. The normalized spacial score (nSPS) is 13.2. The highest BCUT2D eigenvalue weighted by atomic mass is 16.5. The van der Waals surface area contributed by atoms with E-state index in [-0.39, 0.29) is 11.9 Å². The van der Waals surface area contributed by atoms with Gasteiger partial charge in [0.2, 0.25) is 0 Å². The number of benzene rings is 3. The summed E-state index contributed by atoms with van der Waals surface area (Å²) in [6.45, 7) is 8.12. The van der Waals surface area contributed by atoms with Gasteiger partial charge in [-0.05, 0) is 49.8 Å². The highest BCUT2D eigenvalue weighted by molar-refractivity contribution is 5.89. The summed E-state index contributed by atoms with van der Waals surface area (Å²) >= 11 is 0. The maximum atomic E-state index is 12.9. The monoisotopic (exact) mass is 361 g/mol. The lowest BCUT2D eigenvalue weighted by Crippen LogP contribution is -2.39. The minimum Gasteiger partial charge on any atom is -0.480 e. The van der Waals surface area contributed by atoms with Crippen molar-refractivity contribution in [3.8, 4) is 5.75 Å². The summed E-state index contributed by atoms with van der Waals surface area (Å²) in [5.74, 6) is 0.660. The average molecular weight is 361 g/mol. The summed E-state index contributed by atoms with van der Waals surface area (Å²) in [4.78, 5) is 12.9. The van der Waals surface area contributed by atoms with Gasteiger partial charge in [0.15, 0.2) is 6.10 Å². The van der Waals surface area contributed by atoms with Gasteiger partial charge in [-0.2, -0.15) is 0 Å². The van der Waals surface area contributed by atoms with Crippen LogP contribution in [0, 0.1) is 13.8 Å². The fourth-order valence-corrected chi connectivity index (χ4v) is 3.38. The van der Waals surface area contributed by atoms with Gasteiger partial charge >= 0.3 is 0 Å². The van der Waals surface area contributed by atoms with Crippen LogP contribution in [-0.4, -0.2) is 12.0 Å². The Kier molecular flexibility index (Phi) is 5.80. The molecule has 3 nitrogen and oxygen atoms in total. The Morgan fingerprint density at radius 1 is 1.04 bits per heavy atom. The minimum atomic E-state index is -0.525. The van der Waals surface area contributed by atoms with Gasteiger partial charge in [-0.1, -0.05) is 67.1 Å². The third-order valence-corrected chi connectivity index (χ3v) is 4.94. The van der Waals surface area contributed by atoms with Crippen LogP contribution in [0.5, 0.6) is 5.75 Å². The molecule has 3 aromatic rings. The van der Waals surface area contributed by atoms with Gasteiger partial charge in [0.05, 0.1) is 6.04 Å². The topological polar surface area (TPSA) is 38.3 Å². The van der Waals surface area contributed by atoms with E-state index in [1.807, 2.05) is 56.3 Å². The largest absolute Gasteiger partial charge is 0.480 e. The Bertz CT molecular complexity index is 943. The smallest absolute Gasteiger partial charge is 0.261 e. The van der Waals surface area contributed by atoms with E-state index in [1.165, 1.54) is 11.1 Å². The number of ether oxygens (including phenoxy) is 1. The number of carbonyl (C=O) groups is 1. The molecule has 0 heterocycles. The number of hydrogen-bond donors (Lipinski definition) is 1. The number of nitrogens with one attached hydrogen (secondary N) is 1. The molecule has 0 radical (unpaired) electrons. The first kappa shape index (κ1) is 19.0. The molecule has 1 amide bonds. The first-order valence-electron chi connectivity index (χ1n) is 9.51. The molecule has 0 fully saturated rings. The number of hydrogen-bond acceptors (Lipinski definition) is 2. The van der Waals surface area contributed by atoms with Crippen molar-refractivity contribution in [1.29, 1.82) is 0 Å². The first-order chi connectivity index (χ1) is 13.0. The quantitative estimate of drug-likeness (QED) is 0.630. The van der Waals surface area contributed by atoms with Gasteiger partial charge in [0, 0.05) is 5.39 Å². The van der Waals surface area contributed by atoms with Gasteiger partial charge in [0.1, 0.15) is 5.75 Å². The van der Waals surface area contributed by atoms with Gasteiger partial charge in [-0.3, -0.25) is 4.79 Å². The van der Waals surface area contributed by atoms with Crippen LogP contribution in [0.4, 0.5) is 0 Å². The Labute approximate surface area is 161 Å². The lowest BCUT2D eigenvalue weighted by atomic mass is 10.00. The molecule has 3 rings (SSSR count). The zero-order valence-corrected chi connectivity index (χ0v) is 16.5. The van der Waals surface area contributed by atoms with Gasteiger partial charge in [0.25, 0.3) is 5.91 Å². The van der Waals surface area contributed by atoms with Crippen molar-refractivity contribution in [2.75, 3.05) is 0 Å². The molecular weight excluding hydrogens is 334 g/mol. The molecule has 0 spiro atoms. The van der Waals surface area contributed by atoms with Crippen LogP contribution in [0.15, 0.2) is 60.7 Å². The van der Waals surface area contributed by atoms with E-state index in [1.54, 1.807) is 0 Å². The first-order valence-corrected chi connectivity index (χ1v) is 9.51. The summed E-state index contributed by atoms with van der Waals surface area (Å²) in [6, 6.07) is 20.2. The molecule has 0 saturated heterocycles. The van der Waals surface area contributed by atoms with Crippen molar-refractivity contribution in [2.45, 2.75) is 46.3 Å². The highest BCUT2D eigenvalue weighted by Crippen LogP contribution is 2.27. The molecular formula is C24H27NO2. The molecule has 0 aromatic heterocycles. The Balaban J connectivity index is 1.77. The SMILES string of the molecule is CC[C@H](Oc1cccc2ccccc12)C(=O)N[C@H](C)c1cc(C)ccc1C. The number of carbonyl (C=O) groups excluding carboxylic acids is 1. The second kappa shape index (κ2) is 8.26. The van der Waals surface area contributed by atoms with Crippen LogP contribution in [0.3, 0.4) is 0 Å². The molecule has 3 aromatic carbocycles. The molecule has 27 heavy (non-hydrogen) atoms. The van der Waals surface area contributed by atoms with Gasteiger partial charge in [-0.25, -0.2) is 0 Å². The van der Waals surface area contributed by atoms with E-state index in [9.17, 15) is 4.79 Å². The van der Waals surface area contributed by atoms with Crippen molar-refractivity contribution in [1.82, 2.24) is 5.32 Å². The number of amides is 1. The minimum absolute atomic E-state index is 0.0671. The molecule has 0 unspecified atom stereocenters. The molecule has 0 aliphatic carbocycles. The maximum absolute atomic E-state index is 12.9. The predicted molar refractivity (Wildman–Crippen MR) is 111 cm³/mol. The Morgan fingerprint density at radius 3 is 2.56 bits per heavy atom. The summed E-state index contributed by atoms with van der Waals surface area (Å²) < 4.78 is 6.12. The van der Waals surface area contributed by atoms with Gasteiger partial charge < -0.3 is 10.1 Å². The summed E-state index contributed by atoms with van der Waals surface area (Å²) in [5, 5.41) is 5.25. The van der Waals surface area contributed by atoms with E-state index in [0.29, 0.717) is 6.42 Å². The molecule has 2 atom stereocenters. The zero-order chi connectivity index (χ0) is 19.4. The van der Waals surface area contributed by atoms with Crippen molar-refractivity contribution in [3.05, 3.63) is 77.4 Å². The van der Waals surface area contributed by atoms with Crippen molar-refractivity contribution in [2.24, 2.45) is 0 Å². The fourth-order valence-electron chi connectivity index (χ4n) is 3.38. The van der Waals surface area contributed by atoms with E-state index < -0.39 is 6.10 Å². The number of fused-ring (bicyclic) bond motifs is 1. The molecule has 1 N–H and O–H groups in total. The molecule has 0 saturated carbocycles. The van der Waals surface area contributed by atoms with Crippen molar-refractivity contribution in [3.63, 3.8) is 0 Å². The van der Waals surface area contributed by atoms with Gasteiger partial charge in [-0.15, -0.1) is 0 Å². The average Bonchev–Trinajstić information content (AvgIpc) is 2.67. The lowest BCUT2D eigenvalue weighted by molar-refractivity contribution is -0.128. The second-order valence-corrected chi connectivity index (χ2v) is 7.08. The van der Waals surface area contributed by atoms with Crippen molar-refractivity contribution >= 4 is 16.7 Å². The van der Waals surface area contributed by atoms with Crippen LogP contribution < -0.4 is 10.1 Å². The fraction of sp³-hybridized carbons (Fsp3) is 0.292. The zero-order valence-electron chi connectivity index (χ0n) is 16.5. The highest BCUT2D eigenvalue weighted by Gasteiger charge is 2.22. The van der Waals surface area contributed by atoms with E-state index in [4.69, 9.17) is 4.74 Å². The molecule has 140 valence electrons. The van der Waals surface area contributed by atoms with E-state index >= 15 is 0 Å². The lowest BCUT2D eigenvalue weighted by Gasteiger charge is -2.22. The van der Waals surface area contributed by atoms with E-state index in [0.717, 1.165) is 22.1 Å². The number of rotatable bonds is 6. The third kappa shape index (κ3) is 4.30. The van der Waals surface area contributed by atoms with Crippen molar-refractivity contribution < 1.29 is 9.53 Å². The van der Waals surface area contributed by atoms with Crippen LogP contribution in [0.1, 0.15) is 43.0 Å². The Hall–Kier alpha value is -2.81. The summed E-state index contributed by atoms with van der Waals surface area (Å²) in [7, 11) is 0. The summed E-state index contributed by atoms with van der Waals surface area (Å²) in [5.41, 5.74) is 3.51. The number of aryl methyl sites for hydroxylation is 2. The molecule has 0 aliphatic heterocycles.